The van der Waals surface area contributed by atoms with E-state index in [2.05, 4.69) is 28.9 Å². The number of likely N-dealkylation sites (tertiary alicyclic amines) is 1. The number of amides is 1. The molecule has 8 heteroatoms. The molecule has 0 bridgehead atoms. The third-order valence-corrected chi connectivity index (χ3v) is 8.51. The molecule has 0 radical (unpaired) electrons. The minimum Gasteiger partial charge on any atom is -0.339 e. The Labute approximate surface area is 179 Å². The highest BCUT2D eigenvalue weighted by atomic mass is 32.2. The van der Waals surface area contributed by atoms with Gasteiger partial charge in [-0.1, -0.05) is 25.6 Å². The van der Waals surface area contributed by atoms with Crippen LogP contribution >= 0.6 is 23.1 Å². The number of hydrogen-bond donors (Lipinski definition) is 0. The van der Waals surface area contributed by atoms with Gasteiger partial charge >= 0.3 is 0 Å². The van der Waals surface area contributed by atoms with E-state index < -0.39 is 0 Å². The molecule has 2 atom stereocenters. The average Bonchev–Trinajstić information content (AvgIpc) is 3.31. The van der Waals surface area contributed by atoms with Gasteiger partial charge in [0, 0.05) is 17.5 Å². The zero-order valence-electron chi connectivity index (χ0n) is 17.1. The summed E-state index contributed by atoms with van der Waals surface area (Å²) in [5, 5.41) is 10.9. The molecule has 0 unspecified atom stereocenters. The standard InChI is InChI=1S/C21H27N5OS2/c1-3-14-6-4-5-9-25(14)17(27)11-28-21-24-23-19-18-15-8-7-13(2)10-16(15)29-20(18)22-12-26(19)21/h12-14H,3-11H2,1-2H3/t13-,14-/m1/s1. The van der Waals surface area contributed by atoms with Crippen LogP contribution in [-0.4, -0.2) is 48.7 Å². The van der Waals surface area contributed by atoms with Crippen molar-refractivity contribution in [2.24, 2.45) is 5.92 Å². The number of carbonyl (C=O) groups is 1. The van der Waals surface area contributed by atoms with Crippen LogP contribution < -0.4 is 0 Å². The lowest BCUT2D eigenvalue weighted by atomic mass is 9.89. The molecule has 5 rings (SSSR count). The molecule has 6 nitrogen and oxygen atoms in total. The summed E-state index contributed by atoms with van der Waals surface area (Å²) in [6, 6.07) is 0.396. The van der Waals surface area contributed by atoms with Crippen molar-refractivity contribution in [1.82, 2.24) is 24.5 Å². The van der Waals surface area contributed by atoms with E-state index in [9.17, 15) is 4.79 Å². The molecule has 4 heterocycles. The summed E-state index contributed by atoms with van der Waals surface area (Å²) in [5.41, 5.74) is 2.31. The fraction of sp³-hybridized carbons (Fsp3) is 0.619. The molecule has 1 saturated heterocycles. The first kappa shape index (κ1) is 19.3. The first-order valence-corrected chi connectivity index (χ1v) is 12.5. The molecule has 1 fully saturated rings. The van der Waals surface area contributed by atoms with Gasteiger partial charge in [0.05, 0.1) is 11.1 Å². The van der Waals surface area contributed by atoms with Gasteiger partial charge in [-0.2, -0.15) is 0 Å². The van der Waals surface area contributed by atoms with Crippen LogP contribution in [0.4, 0.5) is 0 Å². The number of aryl methyl sites for hydroxylation is 1. The zero-order valence-corrected chi connectivity index (χ0v) is 18.7. The van der Waals surface area contributed by atoms with Crippen LogP contribution in [0.2, 0.25) is 0 Å². The molecule has 154 valence electrons. The van der Waals surface area contributed by atoms with Crippen LogP contribution in [0.5, 0.6) is 0 Å². The monoisotopic (exact) mass is 429 g/mol. The molecular formula is C21H27N5OS2. The normalized spacial score (nSPS) is 22.3. The minimum absolute atomic E-state index is 0.217. The number of aromatic nitrogens is 4. The van der Waals surface area contributed by atoms with Gasteiger partial charge in [-0.05, 0) is 56.4 Å². The van der Waals surface area contributed by atoms with Crippen molar-refractivity contribution in [3.05, 3.63) is 16.8 Å². The van der Waals surface area contributed by atoms with E-state index in [4.69, 9.17) is 4.98 Å². The second-order valence-electron chi connectivity index (χ2n) is 8.39. The summed E-state index contributed by atoms with van der Waals surface area (Å²) in [7, 11) is 0. The van der Waals surface area contributed by atoms with Gasteiger partial charge in [-0.15, -0.1) is 21.5 Å². The molecule has 0 N–H and O–H groups in total. The van der Waals surface area contributed by atoms with Crippen molar-refractivity contribution < 1.29 is 4.79 Å². The van der Waals surface area contributed by atoms with Crippen LogP contribution in [0, 0.1) is 5.92 Å². The van der Waals surface area contributed by atoms with E-state index in [1.54, 1.807) is 0 Å². The van der Waals surface area contributed by atoms with E-state index in [-0.39, 0.29) is 5.91 Å². The van der Waals surface area contributed by atoms with E-state index in [1.165, 1.54) is 40.4 Å². The molecule has 0 saturated carbocycles. The summed E-state index contributed by atoms with van der Waals surface area (Å²) in [6.07, 6.45) is 9.79. The molecule has 1 aliphatic carbocycles. The molecule has 0 spiro atoms. The predicted octanol–water partition coefficient (Wildman–Crippen LogP) is 4.35. The van der Waals surface area contributed by atoms with Gasteiger partial charge in [0.15, 0.2) is 10.8 Å². The summed E-state index contributed by atoms with van der Waals surface area (Å²) < 4.78 is 1.97. The fourth-order valence-electron chi connectivity index (χ4n) is 4.78. The molecule has 3 aromatic heterocycles. The number of piperidine rings is 1. The number of thioether (sulfide) groups is 1. The van der Waals surface area contributed by atoms with Crippen molar-refractivity contribution in [3.8, 4) is 0 Å². The largest absolute Gasteiger partial charge is 0.339 e. The number of nitrogens with zero attached hydrogens (tertiary/aromatic N) is 5. The predicted molar refractivity (Wildman–Crippen MR) is 118 cm³/mol. The van der Waals surface area contributed by atoms with Crippen molar-refractivity contribution in [2.45, 2.75) is 70.0 Å². The summed E-state index contributed by atoms with van der Waals surface area (Å²) >= 11 is 3.29. The van der Waals surface area contributed by atoms with Gasteiger partial charge < -0.3 is 4.90 Å². The van der Waals surface area contributed by atoms with Crippen LogP contribution in [0.15, 0.2) is 11.5 Å². The van der Waals surface area contributed by atoms with Crippen LogP contribution in [0.3, 0.4) is 0 Å². The SMILES string of the molecule is CC[C@@H]1CCCCN1C(=O)CSc1nnc2c3c4c(sc3ncn12)C[C@H](C)CC4. The van der Waals surface area contributed by atoms with E-state index in [0.717, 1.165) is 60.2 Å². The Morgan fingerprint density at radius 2 is 2.21 bits per heavy atom. The Bertz CT molecular complexity index is 1060. The average molecular weight is 430 g/mol. The molecule has 29 heavy (non-hydrogen) atoms. The van der Waals surface area contributed by atoms with Gasteiger partial charge in [0.1, 0.15) is 11.2 Å². The number of thiophene rings is 1. The molecular weight excluding hydrogens is 402 g/mol. The lowest BCUT2D eigenvalue weighted by Gasteiger charge is -2.35. The van der Waals surface area contributed by atoms with Crippen LogP contribution in [-0.2, 0) is 17.6 Å². The van der Waals surface area contributed by atoms with Gasteiger partial charge in [-0.3, -0.25) is 9.20 Å². The Kier molecular flexibility index (Phi) is 5.24. The first-order valence-electron chi connectivity index (χ1n) is 10.7. The number of rotatable bonds is 4. The summed E-state index contributed by atoms with van der Waals surface area (Å²) in [6.45, 7) is 5.39. The van der Waals surface area contributed by atoms with Gasteiger partial charge in [-0.25, -0.2) is 4.98 Å². The highest BCUT2D eigenvalue weighted by Crippen LogP contribution is 2.39. The molecule has 0 aromatic carbocycles. The van der Waals surface area contributed by atoms with Gasteiger partial charge in [0.2, 0.25) is 5.91 Å². The quantitative estimate of drug-likeness (QED) is 0.577. The zero-order chi connectivity index (χ0) is 20.0. The summed E-state index contributed by atoms with van der Waals surface area (Å²) in [5.74, 6) is 1.37. The minimum atomic E-state index is 0.217. The second kappa shape index (κ2) is 7.87. The number of hydrogen-bond acceptors (Lipinski definition) is 6. The smallest absolute Gasteiger partial charge is 0.233 e. The third kappa shape index (κ3) is 3.44. The topological polar surface area (TPSA) is 63.4 Å². The fourth-order valence-corrected chi connectivity index (χ4v) is 6.92. The van der Waals surface area contributed by atoms with Crippen molar-refractivity contribution >= 4 is 44.9 Å². The maximum absolute atomic E-state index is 12.8. The lowest BCUT2D eigenvalue weighted by Crippen LogP contribution is -2.44. The Morgan fingerprint density at radius 3 is 3.07 bits per heavy atom. The summed E-state index contributed by atoms with van der Waals surface area (Å²) in [4.78, 5) is 22.1. The Morgan fingerprint density at radius 1 is 1.31 bits per heavy atom. The van der Waals surface area contributed by atoms with Gasteiger partial charge in [0.25, 0.3) is 0 Å². The molecule has 1 amide bonds. The lowest BCUT2D eigenvalue weighted by molar-refractivity contribution is -0.132. The molecule has 1 aliphatic heterocycles. The van der Waals surface area contributed by atoms with E-state index in [1.807, 2.05) is 22.1 Å². The highest BCUT2D eigenvalue weighted by molar-refractivity contribution is 7.99. The van der Waals surface area contributed by atoms with Crippen LogP contribution in [0.25, 0.3) is 15.9 Å². The Hall–Kier alpha value is -1.67. The molecule has 3 aromatic rings. The van der Waals surface area contributed by atoms with E-state index >= 15 is 0 Å². The van der Waals surface area contributed by atoms with Crippen molar-refractivity contribution in [3.63, 3.8) is 0 Å². The first-order chi connectivity index (χ1) is 14.2. The van der Waals surface area contributed by atoms with E-state index in [0.29, 0.717) is 11.8 Å². The maximum atomic E-state index is 12.8. The number of carbonyl (C=O) groups excluding carboxylic acids is 1. The number of fused-ring (bicyclic) bond motifs is 5. The van der Waals surface area contributed by atoms with Crippen molar-refractivity contribution in [2.75, 3.05) is 12.3 Å². The van der Waals surface area contributed by atoms with Crippen LogP contribution in [0.1, 0.15) is 56.4 Å². The Balaban J connectivity index is 1.40. The second-order valence-corrected chi connectivity index (χ2v) is 10.4. The molecule has 2 aliphatic rings. The highest BCUT2D eigenvalue weighted by Gasteiger charge is 2.27. The van der Waals surface area contributed by atoms with Crippen molar-refractivity contribution in [1.29, 1.82) is 0 Å². The third-order valence-electron chi connectivity index (χ3n) is 6.42. The maximum Gasteiger partial charge on any atom is 0.233 e.